The summed E-state index contributed by atoms with van der Waals surface area (Å²) in [7, 11) is 0. The summed E-state index contributed by atoms with van der Waals surface area (Å²) in [4.78, 5) is 25.0. The molecule has 2 aliphatic rings. The van der Waals surface area contributed by atoms with Crippen molar-refractivity contribution in [1.29, 1.82) is 0 Å². The van der Waals surface area contributed by atoms with Crippen LogP contribution in [0.4, 0.5) is 0 Å². The van der Waals surface area contributed by atoms with Crippen molar-refractivity contribution < 1.29 is 20.5 Å². The second-order valence-electron chi connectivity index (χ2n) is 8.09. The van der Waals surface area contributed by atoms with E-state index < -0.39 is 5.41 Å². The first-order chi connectivity index (χ1) is 14.5. The van der Waals surface area contributed by atoms with Gasteiger partial charge in [0.05, 0.1) is 5.41 Å². The topological polar surface area (TPSA) is 52.6 Å². The third-order valence-electron chi connectivity index (χ3n) is 6.10. The Morgan fingerprint density at radius 3 is 2.40 bits per heavy atom. The number of hydrogen-bond acceptors (Lipinski definition) is 4. The molecule has 1 saturated carbocycles. The average molecular weight is 400 g/mol. The normalized spacial score (nSPS) is 15.6. The van der Waals surface area contributed by atoms with Gasteiger partial charge < -0.3 is 9.47 Å². The number of ether oxygens (including phenoxy) is 2. The van der Waals surface area contributed by atoms with Crippen LogP contribution in [0.2, 0.25) is 0 Å². The minimum atomic E-state index is -0.411. The van der Waals surface area contributed by atoms with Gasteiger partial charge in [-0.05, 0) is 60.2 Å². The minimum Gasteiger partial charge on any atom is -0.454 e. The van der Waals surface area contributed by atoms with Gasteiger partial charge in [-0.3, -0.25) is 9.59 Å². The van der Waals surface area contributed by atoms with Crippen molar-refractivity contribution in [3.8, 4) is 22.6 Å². The lowest BCUT2D eigenvalue weighted by Gasteiger charge is -2.15. The molecule has 3 aromatic rings. The van der Waals surface area contributed by atoms with Crippen molar-refractivity contribution in [3.05, 3.63) is 83.4 Å². The first kappa shape index (κ1) is 18.6. The summed E-state index contributed by atoms with van der Waals surface area (Å²) in [6.45, 7) is 1.80. The van der Waals surface area contributed by atoms with E-state index >= 15 is 0 Å². The molecule has 0 bridgehead atoms. The molecule has 30 heavy (non-hydrogen) atoms. The molecule has 1 fully saturated rings. The molecule has 4 heteroatoms. The van der Waals surface area contributed by atoms with Crippen LogP contribution in [0.15, 0.2) is 66.7 Å². The van der Waals surface area contributed by atoms with Crippen molar-refractivity contribution in [1.82, 2.24) is 0 Å². The molecule has 0 saturated heterocycles. The summed E-state index contributed by atoms with van der Waals surface area (Å²) < 4.78 is 10.9. The molecule has 1 aliphatic carbocycles. The predicted molar refractivity (Wildman–Crippen MR) is 116 cm³/mol. The van der Waals surface area contributed by atoms with Gasteiger partial charge in [-0.2, -0.15) is 0 Å². The molecule has 0 amide bonds. The zero-order valence-electron chi connectivity index (χ0n) is 16.8. The van der Waals surface area contributed by atoms with E-state index in [0.29, 0.717) is 12.0 Å². The lowest BCUT2D eigenvalue weighted by Crippen LogP contribution is -2.22. The van der Waals surface area contributed by atoms with E-state index in [0.717, 1.165) is 46.6 Å². The van der Waals surface area contributed by atoms with Crippen molar-refractivity contribution in [2.45, 2.75) is 31.6 Å². The van der Waals surface area contributed by atoms with Crippen LogP contribution in [-0.2, 0) is 16.6 Å². The van der Waals surface area contributed by atoms with Gasteiger partial charge in [-0.25, -0.2) is 0 Å². The van der Waals surface area contributed by atoms with Crippen LogP contribution in [0.3, 0.4) is 0 Å². The Balaban J connectivity index is 0.00000231. The fourth-order valence-corrected chi connectivity index (χ4v) is 4.18. The number of hydrogen-bond donors (Lipinski definition) is 0. The summed E-state index contributed by atoms with van der Waals surface area (Å²) in [5, 5.41) is 0. The maximum Gasteiger partial charge on any atom is 0.231 e. The fourth-order valence-electron chi connectivity index (χ4n) is 4.18. The van der Waals surface area contributed by atoms with Crippen LogP contribution in [0.1, 0.15) is 42.7 Å². The highest BCUT2D eigenvalue weighted by Crippen LogP contribution is 2.51. The zero-order valence-corrected chi connectivity index (χ0v) is 16.8. The van der Waals surface area contributed by atoms with Crippen LogP contribution in [0.5, 0.6) is 11.5 Å². The van der Waals surface area contributed by atoms with Gasteiger partial charge in [-0.15, -0.1) is 0 Å². The number of carbonyl (C=O) groups excluding carboxylic acids is 2. The summed E-state index contributed by atoms with van der Waals surface area (Å²) >= 11 is 0. The quantitative estimate of drug-likeness (QED) is 0.522. The highest BCUT2D eigenvalue weighted by molar-refractivity contribution is 5.96. The van der Waals surface area contributed by atoms with Gasteiger partial charge in [0.25, 0.3) is 0 Å². The summed E-state index contributed by atoms with van der Waals surface area (Å²) in [6, 6.07) is 21.5. The monoisotopic (exact) mass is 400 g/mol. The number of carbonyl (C=O) groups is 2. The molecular formula is C26H24O4. The van der Waals surface area contributed by atoms with E-state index in [1.54, 1.807) is 6.92 Å². The van der Waals surface area contributed by atoms with Crippen LogP contribution < -0.4 is 9.47 Å². The second-order valence-corrected chi connectivity index (χ2v) is 8.09. The van der Waals surface area contributed by atoms with Crippen molar-refractivity contribution in [3.63, 3.8) is 0 Å². The van der Waals surface area contributed by atoms with Crippen LogP contribution in [0, 0.1) is 0 Å². The molecule has 5 rings (SSSR count). The molecule has 1 heterocycles. The van der Waals surface area contributed by atoms with Gasteiger partial charge in [0.1, 0.15) is 5.78 Å². The standard InChI is InChI=1S/C26H22O4.H2/c1-17(27)19-5-3-7-21(14-19)20-6-2-4-18(12-20)13-25(28)26(10-11-26)22-8-9-23-24(15-22)30-16-29-23;/h2-9,12,14-15H,10-11,13,16H2,1H3;1H. The fraction of sp³-hybridized carbons (Fsp3) is 0.231. The van der Waals surface area contributed by atoms with Crippen molar-refractivity contribution in [2.24, 2.45) is 0 Å². The molecule has 152 valence electrons. The average Bonchev–Trinajstić information content (AvgIpc) is 3.45. The van der Waals surface area contributed by atoms with E-state index in [-0.39, 0.29) is 19.8 Å². The van der Waals surface area contributed by atoms with Crippen molar-refractivity contribution in [2.75, 3.05) is 6.79 Å². The van der Waals surface area contributed by atoms with E-state index in [9.17, 15) is 9.59 Å². The summed E-state index contributed by atoms with van der Waals surface area (Å²) in [6.07, 6.45) is 2.12. The maximum atomic E-state index is 13.3. The number of benzene rings is 3. The molecule has 1 aliphatic heterocycles. The Morgan fingerprint density at radius 1 is 0.900 bits per heavy atom. The van der Waals surface area contributed by atoms with Crippen LogP contribution >= 0.6 is 0 Å². The predicted octanol–water partition coefficient (Wildman–Crippen LogP) is 5.37. The number of fused-ring (bicyclic) bond motifs is 1. The number of Topliss-reactive ketones (excluding diaryl/α,β-unsaturated/α-hetero) is 2. The largest absolute Gasteiger partial charge is 0.454 e. The molecule has 4 nitrogen and oxygen atoms in total. The highest BCUT2D eigenvalue weighted by Gasteiger charge is 2.50. The van der Waals surface area contributed by atoms with E-state index in [1.807, 2.05) is 66.7 Å². The molecule has 0 atom stereocenters. The van der Waals surface area contributed by atoms with Crippen LogP contribution in [0.25, 0.3) is 11.1 Å². The molecule has 0 spiro atoms. The smallest absolute Gasteiger partial charge is 0.231 e. The maximum absolute atomic E-state index is 13.3. The first-order valence-corrected chi connectivity index (χ1v) is 10.2. The lowest BCUT2D eigenvalue weighted by molar-refractivity contribution is -0.120. The Kier molecular flexibility index (Phi) is 4.43. The van der Waals surface area contributed by atoms with E-state index in [2.05, 4.69) is 0 Å². The molecule has 0 radical (unpaired) electrons. The van der Waals surface area contributed by atoms with E-state index in [4.69, 9.17) is 9.47 Å². The minimum absolute atomic E-state index is 0. The summed E-state index contributed by atoms with van der Waals surface area (Å²) in [5.74, 6) is 1.74. The number of ketones is 2. The summed E-state index contributed by atoms with van der Waals surface area (Å²) in [5.41, 5.74) is 4.27. The Labute approximate surface area is 176 Å². The van der Waals surface area contributed by atoms with Crippen molar-refractivity contribution >= 4 is 11.6 Å². The second kappa shape index (κ2) is 7.13. The van der Waals surface area contributed by atoms with Gasteiger partial charge in [0.2, 0.25) is 6.79 Å². The molecular weight excluding hydrogens is 376 g/mol. The zero-order chi connectivity index (χ0) is 20.7. The third-order valence-corrected chi connectivity index (χ3v) is 6.10. The van der Waals surface area contributed by atoms with E-state index in [1.165, 1.54) is 0 Å². The highest BCUT2D eigenvalue weighted by atomic mass is 16.7. The van der Waals surface area contributed by atoms with Gasteiger partial charge in [0, 0.05) is 13.4 Å². The molecule has 0 unspecified atom stereocenters. The third kappa shape index (κ3) is 3.28. The molecule has 3 aromatic carbocycles. The Bertz CT molecular complexity index is 1160. The lowest BCUT2D eigenvalue weighted by atomic mass is 9.87. The SMILES string of the molecule is CC(=O)c1cccc(-c2cccc(CC(=O)C3(c4ccc5c(c4)OCO5)CC3)c2)c1.[HH]. The van der Waals surface area contributed by atoms with Gasteiger partial charge in [0.15, 0.2) is 17.3 Å². The molecule has 0 aromatic heterocycles. The van der Waals surface area contributed by atoms with Gasteiger partial charge in [-0.1, -0.05) is 48.5 Å². The van der Waals surface area contributed by atoms with Gasteiger partial charge >= 0.3 is 0 Å². The Hall–Kier alpha value is -3.40. The first-order valence-electron chi connectivity index (χ1n) is 10.2. The Morgan fingerprint density at radius 2 is 1.63 bits per heavy atom. The number of rotatable bonds is 6. The molecule has 0 N–H and O–H groups in total. The van der Waals surface area contributed by atoms with Crippen LogP contribution in [-0.4, -0.2) is 18.4 Å².